The molecule has 4 nitrogen and oxygen atoms in total. The van der Waals surface area contributed by atoms with Crippen molar-refractivity contribution in [2.24, 2.45) is 0 Å². The Hall–Kier alpha value is -0.360. The quantitative estimate of drug-likeness (QED) is 0.547. The molecule has 0 bridgehead atoms. The van der Waals surface area contributed by atoms with Crippen molar-refractivity contribution < 1.29 is 13.2 Å². The van der Waals surface area contributed by atoms with Crippen LogP contribution in [-0.4, -0.2) is 38.8 Å². The Morgan fingerprint density at radius 3 is 2.57 bits per heavy atom. The average Bonchev–Trinajstić information content (AvgIpc) is 2.02. The van der Waals surface area contributed by atoms with Crippen LogP contribution in [0.15, 0.2) is 0 Å². The van der Waals surface area contributed by atoms with Crippen LogP contribution in [0.3, 0.4) is 0 Å². The van der Waals surface area contributed by atoms with E-state index in [-0.39, 0.29) is 5.75 Å². The van der Waals surface area contributed by atoms with Crippen molar-refractivity contribution in [1.82, 2.24) is 5.32 Å². The third-order valence-corrected chi connectivity index (χ3v) is 2.78. The van der Waals surface area contributed by atoms with Gasteiger partial charge in [0.05, 0.1) is 6.61 Å². The summed E-state index contributed by atoms with van der Waals surface area (Å²) in [7, 11) is -2.83. The lowest BCUT2D eigenvalue weighted by Crippen LogP contribution is -2.25. The Balaban J connectivity index is 3.34. The third kappa shape index (κ3) is 9.73. The maximum absolute atomic E-state index is 10.8. The Bertz CT molecular complexity index is 262. The monoisotopic (exact) mass is 239 g/mol. The lowest BCUT2D eigenvalue weighted by molar-refractivity contribution is 0.320. The predicted molar refractivity (Wildman–Crippen MR) is 61.2 cm³/mol. The molecule has 0 aliphatic carbocycles. The van der Waals surface area contributed by atoms with E-state index < -0.39 is 9.84 Å². The van der Waals surface area contributed by atoms with Gasteiger partial charge in [0.2, 0.25) is 0 Å². The van der Waals surface area contributed by atoms with E-state index in [9.17, 15) is 8.42 Å². The summed E-state index contributed by atoms with van der Waals surface area (Å²) >= 11 is 4.82. The summed E-state index contributed by atoms with van der Waals surface area (Å²) in [5, 5.41) is 3.27. The van der Waals surface area contributed by atoms with Crippen LogP contribution in [0.25, 0.3) is 0 Å². The molecule has 0 aliphatic heterocycles. The second kappa shape index (κ2) is 7.00. The van der Waals surface area contributed by atoms with Gasteiger partial charge in [-0.15, -0.1) is 0 Å². The van der Waals surface area contributed by atoms with Crippen LogP contribution < -0.4 is 5.32 Å². The zero-order valence-electron chi connectivity index (χ0n) is 8.58. The Morgan fingerprint density at radius 2 is 2.07 bits per heavy atom. The van der Waals surface area contributed by atoms with E-state index >= 15 is 0 Å². The average molecular weight is 239 g/mol. The maximum atomic E-state index is 10.8. The van der Waals surface area contributed by atoms with Gasteiger partial charge in [0.25, 0.3) is 5.17 Å². The van der Waals surface area contributed by atoms with Crippen molar-refractivity contribution in [2.75, 3.05) is 25.2 Å². The van der Waals surface area contributed by atoms with E-state index in [4.69, 9.17) is 17.0 Å². The first-order valence-electron chi connectivity index (χ1n) is 4.54. The molecule has 1 N–H and O–H groups in total. The summed E-state index contributed by atoms with van der Waals surface area (Å²) in [6.07, 6.45) is 2.67. The number of sulfone groups is 1. The van der Waals surface area contributed by atoms with E-state index in [0.717, 1.165) is 6.42 Å². The highest BCUT2D eigenvalue weighted by Crippen LogP contribution is 1.93. The molecule has 0 aromatic carbocycles. The van der Waals surface area contributed by atoms with Gasteiger partial charge in [0.15, 0.2) is 0 Å². The molecule has 0 unspecified atom stereocenters. The molecule has 0 rings (SSSR count). The van der Waals surface area contributed by atoms with Crippen LogP contribution in [0.1, 0.15) is 19.8 Å². The summed E-state index contributed by atoms with van der Waals surface area (Å²) in [5.41, 5.74) is 0. The highest BCUT2D eigenvalue weighted by atomic mass is 32.2. The Labute approximate surface area is 90.9 Å². The number of thiocarbonyl (C=S) groups is 1. The molecule has 6 heteroatoms. The zero-order chi connectivity index (χ0) is 11.0. The fraction of sp³-hybridized carbons (Fsp3) is 0.875. The standard InChI is InChI=1S/C8H17NO3S2/c1-3-12-8(13)9-6-4-5-7-14(2,10)11/h3-7H2,1-2H3,(H,9,13). The molecule has 0 heterocycles. The molecular weight excluding hydrogens is 222 g/mol. The maximum Gasteiger partial charge on any atom is 0.256 e. The largest absolute Gasteiger partial charge is 0.471 e. The number of hydrogen-bond donors (Lipinski definition) is 1. The van der Waals surface area contributed by atoms with E-state index in [1.165, 1.54) is 6.26 Å². The first kappa shape index (κ1) is 13.6. The van der Waals surface area contributed by atoms with Crippen molar-refractivity contribution in [3.63, 3.8) is 0 Å². The van der Waals surface area contributed by atoms with Crippen molar-refractivity contribution in [2.45, 2.75) is 19.8 Å². The smallest absolute Gasteiger partial charge is 0.256 e. The molecule has 0 aromatic heterocycles. The molecule has 0 spiro atoms. The highest BCUT2D eigenvalue weighted by Gasteiger charge is 2.01. The molecule has 0 saturated carbocycles. The molecule has 84 valence electrons. The van der Waals surface area contributed by atoms with Gasteiger partial charge in [-0.25, -0.2) is 8.42 Å². The molecule has 0 fully saturated rings. The van der Waals surface area contributed by atoms with Crippen LogP contribution in [0.4, 0.5) is 0 Å². The van der Waals surface area contributed by atoms with Crippen LogP contribution in [0.5, 0.6) is 0 Å². The fourth-order valence-corrected chi connectivity index (χ4v) is 1.81. The second-order valence-electron chi connectivity index (χ2n) is 2.98. The summed E-state index contributed by atoms with van der Waals surface area (Å²) in [6, 6.07) is 0. The van der Waals surface area contributed by atoms with Crippen LogP contribution in [0.2, 0.25) is 0 Å². The number of ether oxygens (including phenoxy) is 1. The first-order chi connectivity index (χ1) is 6.45. The lowest BCUT2D eigenvalue weighted by atomic mass is 10.3. The molecule has 0 aromatic rings. The molecule has 0 atom stereocenters. The lowest BCUT2D eigenvalue weighted by Gasteiger charge is -2.07. The summed E-state index contributed by atoms with van der Waals surface area (Å²) < 4.78 is 26.5. The normalized spacial score (nSPS) is 11.0. The van der Waals surface area contributed by atoms with Gasteiger partial charge < -0.3 is 10.1 Å². The minimum Gasteiger partial charge on any atom is -0.471 e. The molecule has 0 aliphatic rings. The third-order valence-electron chi connectivity index (χ3n) is 1.49. The van der Waals surface area contributed by atoms with Crippen molar-refractivity contribution in [3.05, 3.63) is 0 Å². The summed E-state index contributed by atoms with van der Waals surface area (Å²) in [4.78, 5) is 0. The topological polar surface area (TPSA) is 55.4 Å². The van der Waals surface area contributed by atoms with Gasteiger partial charge in [-0.3, -0.25) is 0 Å². The van der Waals surface area contributed by atoms with Crippen molar-refractivity contribution >= 4 is 27.2 Å². The van der Waals surface area contributed by atoms with Crippen molar-refractivity contribution in [3.8, 4) is 0 Å². The van der Waals surface area contributed by atoms with Crippen LogP contribution in [0, 0.1) is 0 Å². The minimum atomic E-state index is -2.83. The van der Waals surface area contributed by atoms with Gasteiger partial charge >= 0.3 is 0 Å². The van der Waals surface area contributed by atoms with E-state index in [1.54, 1.807) is 0 Å². The second-order valence-corrected chi connectivity index (χ2v) is 5.61. The Morgan fingerprint density at radius 1 is 1.43 bits per heavy atom. The van der Waals surface area contributed by atoms with Crippen LogP contribution in [-0.2, 0) is 14.6 Å². The molecule has 0 saturated heterocycles. The van der Waals surface area contributed by atoms with E-state index in [2.05, 4.69) is 5.32 Å². The van der Waals surface area contributed by atoms with Gasteiger partial charge in [0, 0.05) is 18.6 Å². The van der Waals surface area contributed by atoms with E-state index in [0.29, 0.717) is 24.7 Å². The van der Waals surface area contributed by atoms with Crippen LogP contribution >= 0.6 is 12.2 Å². The summed E-state index contributed by atoms with van der Waals surface area (Å²) in [5.74, 6) is 0.232. The number of unbranched alkanes of at least 4 members (excludes halogenated alkanes) is 1. The Kier molecular flexibility index (Phi) is 6.82. The SMILES string of the molecule is CCOC(=S)NCCCCS(C)(=O)=O. The number of nitrogens with one attached hydrogen (secondary N) is 1. The van der Waals surface area contributed by atoms with Gasteiger partial charge in [-0.05, 0) is 32.0 Å². The number of hydrogen-bond acceptors (Lipinski definition) is 4. The van der Waals surface area contributed by atoms with Gasteiger partial charge in [0.1, 0.15) is 9.84 Å². The molecular formula is C8H17NO3S2. The molecule has 0 amide bonds. The van der Waals surface area contributed by atoms with Gasteiger partial charge in [-0.2, -0.15) is 0 Å². The molecule has 0 radical (unpaired) electrons. The first-order valence-corrected chi connectivity index (χ1v) is 7.01. The fourth-order valence-electron chi connectivity index (χ4n) is 0.862. The summed E-state index contributed by atoms with van der Waals surface area (Å²) in [6.45, 7) is 3.07. The van der Waals surface area contributed by atoms with E-state index in [1.807, 2.05) is 6.92 Å². The van der Waals surface area contributed by atoms with Crippen molar-refractivity contribution in [1.29, 1.82) is 0 Å². The minimum absolute atomic E-state index is 0.232. The molecule has 14 heavy (non-hydrogen) atoms. The zero-order valence-corrected chi connectivity index (χ0v) is 10.2. The highest BCUT2D eigenvalue weighted by molar-refractivity contribution is 7.90. The van der Waals surface area contributed by atoms with Gasteiger partial charge in [-0.1, -0.05) is 0 Å². The number of rotatable bonds is 6. The predicted octanol–water partition coefficient (Wildman–Crippen LogP) is 0.722.